The van der Waals surface area contributed by atoms with Gasteiger partial charge < -0.3 is 15.8 Å². The molecule has 0 aliphatic rings. The average Bonchev–Trinajstić information content (AvgIpc) is 2.51. The van der Waals surface area contributed by atoms with Crippen LogP contribution in [0.5, 0.6) is 0 Å². The van der Waals surface area contributed by atoms with Gasteiger partial charge in [0.1, 0.15) is 0 Å². The SMILES string of the molecule is CC(C)[C@H](N)C(=O)N[C@H](COCc1ccccc1)CSC(C)(C)C. The van der Waals surface area contributed by atoms with E-state index < -0.39 is 6.04 Å². The van der Waals surface area contributed by atoms with Crippen LogP contribution in [-0.2, 0) is 16.1 Å². The molecule has 1 rings (SSSR count). The first kappa shape index (κ1) is 21.0. The number of hydrogen-bond donors (Lipinski definition) is 2. The van der Waals surface area contributed by atoms with Crippen molar-refractivity contribution in [2.24, 2.45) is 11.7 Å². The zero-order valence-electron chi connectivity index (χ0n) is 15.5. The maximum atomic E-state index is 12.3. The minimum atomic E-state index is -0.485. The van der Waals surface area contributed by atoms with E-state index in [1.165, 1.54) is 0 Å². The average molecular weight is 353 g/mol. The molecule has 5 heteroatoms. The number of amides is 1. The van der Waals surface area contributed by atoms with Crippen LogP contribution in [0.3, 0.4) is 0 Å². The van der Waals surface area contributed by atoms with Gasteiger partial charge in [0.25, 0.3) is 0 Å². The van der Waals surface area contributed by atoms with Gasteiger partial charge in [-0.3, -0.25) is 4.79 Å². The Bertz CT molecular complexity index is 486. The first-order valence-electron chi connectivity index (χ1n) is 8.50. The highest BCUT2D eigenvalue weighted by molar-refractivity contribution is 8.00. The second-order valence-corrected chi connectivity index (χ2v) is 9.25. The van der Waals surface area contributed by atoms with Crippen LogP contribution >= 0.6 is 11.8 Å². The minimum Gasteiger partial charge on any atom is -0.375 e. The van der Waals surface area contributed by atoms with E-state index >= 15 is 0 Å². The Kier molecular flexibility index (Phi) is 8.81. The van der Waals surface area contributed by atoms with E-state index in [1.807, 2.05) is 55.9 Å². The predicted octanol–water partition coefficient (Wildman–Crippen LogP) is 3.20. The molecule has 0 saturated heterocycles. The van der Waals surface area contributed by atoms with Gasteiger partial charge in [0.15, 0.2) is 0 Å². The lowest BCUT2D eigenvalue weighted by Gasteiger charge is -2.25. The lowest BCUT2D eigenvalue weighted by Crippen LogP contribution is -2.50. The number of rotatable bonds is 9. The molecular weight excluding hydrogens is 320 g/mol. The van der Waals surface area contributed by atoms with Gasteiger partial charge in [-0.1, -0.05) is 65.0 Å². The highest BCUT2D eigenvalue weighted by atomic mass is 32.2. The van der Waals surface area contributed by atoms with Crippen LogP contribution in [-0.4, -0.2) is 35.1 Å². The molecule has 0 aliphatic carbocycles. The van der Waals surface area contributed by atoms with Crippen molar-refractivity contribution in [2.75, 3.05) is 12.4 Å². The van der Waals surface area contributed by atoms with Crippen LogP contribution < -0.4 is 11.1 Å². The van der Waals surface area contributed by atoms with Gasteiger partial charge in [-0.2, -0.15) is 11.8 Å². The van der Waals surface area contributed by atoms with Crippen LogP contribution in [0.4, 0.5) is 0 Å². The third kappa shape index (κ3) is 8.71. The van der Waals surface area contributed by atoms with Gasteiger partial charge in [-0.25, -0.2) is 0 Å². The molecule has 0 aromatic heterocycles. The smallest absolute Gasteiger partial charge is 0.237 e. The van der Waals surface area contributed by atoms with Crippen molar-refractivity contribution < 1.29 is 9.53 Å². The molecule has 1 aromatic rings. The first-order valence-corrected chi connectivity index (χ1v) is 9.49. The van der Waals surface area contributed by atoms with Crippen molar-refractivity contribution in [3.8, 4) is 0 Å². The number of benzene rings is 1. The van der Waals surface area contributed by atoms with Crippen molar-refractivity contribution >= 4 is 17.7 Å². The van der Waals surface area contributed by atoms with Gasteiger partial charge in [0.2, 0.25) is 5.91 Å². The van der Waals surface area contributed by atoms with Gasteiger partial charge in [0, 0.05) is 10.5 Å². The van der Waals surface area contributed by atoms with E-state index in [2.05, 4.69) is 26.1 Å². The van der Waals surface area contributed by atoms with Crippen LogP contribution in [0.2, 0.25) is 0 Å². The Morgan fingerprint density at radius 1 is 1.25 bits per heavy atom. The van der Waals surface area contributed by atoms with Crippen LogP contribution in [0.1, 0.15) is 40.2 Å². The molecule has 3 N–H and O–H groups in total. The van der Waals surface area contributed by atoms with Gasteiger partial charge in [-0.15, -0.1) is 0 Å². The van der Waals surface area contributed by atoms with Crippen molar-refractivity contribution in [1.29, 1.82) is 0 Å². The molecule has 0 unspecified atom stereocenters. The molecule has 0 saturated carbocycles. The summed E-state index contributed by atoms with van der Waals surface area (Å²) in [4.78, 5) is 12.3. The Hall–Kier alpha value is -1.04. The zero-order chi connectivity index (χ0) is 18.2. The molecule has 1 amide bonds. The highest BCUT2D eigenvalue weighted by Gasteiger charge is 2.22. The zero-order valence-corrected chi connectivity index (χ0v) is 16.4. The molecule has 0 aliphatic heterocycles. The molecular formula is C19H32N2O2S. The fourth-order valence-corrected chi connectivity index (χ4v) is 2.86. The number of ether oxygens (including phenoxy) is 1. The lowest BCUT2D eigenvalue weighted by molar-refractivity contribution is -0.124. The first-order chi connectivity index (χ1) is 11.2. The summed E-state index contributed by atoms with van der Waals surface area (Å²) in [6.45, 7) is 11.4. The molecule has 0 bridgehead atoms. The standard InChI is InChI=1S/C19H32N2O2S/c1-14(2)17(20)18(22)21-16(13-24-19(3,4)5)12-23-11-15-9-7-6-8-10-15/h6-10,14,16-17H,11-13,20H2,1-5H3,(H,21,22)/t16-,17+/m1/s1. The molecule has 136 valence electrons. The topological polar surface area (TPSA) is 64.4 Å². The molecule has 0 fully saturated rings. The van der Waals surface area contributed by atoms with Crippen molar-refractivity contribution in [3.05, 3.63) is 35.9 Å². The number of nitrogens with two attached hydrogens (primary N) is 1. The summed E-state index contributed by atoms with van der Waals surface area (Å²) in [7, 11) is 0. The molecule has 0 heterocycles. The summed E-state index contributed by atoms with van der Waals surface area (Å²) in [5, 5.41) is 3.05. The van der Waals surface area contributed by atoms with Crippen molar-refractivity contribution in [1.82, 2.24) is 5.32 Å². The van der Waals surface area contributed by atoms with Gasteiger partial charge in [-0.05, 0) is 11.5 Å². The third-order valence-electron chi connectivity index (χ3n) is 3.52. The maximum absolute atomic E-state index is 12.3. The van der Waals surface area contributed by atoms with Crippen molar-refractivity contribution in [3.63, 3.8) is 0 Å². The van der Waals surface area contributed by atoms with E-state index in [0.717, 1.165) is 11.3 Å². The largest absolute Gasteiger partial charge is 0.375 e. The number of thioether (sulfide) groups is 1. The Labute approximate surface area is 150 Å². The summed E-state index contributed by atoms with van der Waals surface area (Å²) in [6, 6.07) is 9.51. The number of carbonyl (C=O) groups excluding carboxylic acids is 1. The summed E-state index contributed by atoms with van der Waals surface area (Å²) >= 11 is 1.81. The Morgan fingerprint density at radius 2 is 1.88 bits per heavy atom. The Morgan fingerprint density at radius 3 is 2.42 bits per heavy atom. The maximum Gasteiger partial charge on any atom is 0.237 e. The van der Waals surface area contributed by atoms with E-state index in [0.29, 0.717) is 13.2 Å². The van der Waals surface area contributed by atoms with Crippen molar-refractivity contribution in [2.45, 2.75) is 58.1 Å². The predicted molar refractivity (Wildman–Crippen MR) is 103 cm³/mol. The summed E-state index contributed by atoms with van der Waals surface area (Å²) in [6.07, 6.45) is 0. The van der Waals surface area contributed by atoms with Gasteiger partial charge in [0.05, 0.1) is 25.3 Å². The van der Waals surface area contributed by atoms with E-state index in [4.69, 9.17) is 10.5 Å². The number of carbonyl (C=O) groups is 1. The normalized spacial score (nSPS) is 14.5. The van der Waals surface area contributed by atoms with E-state index in [-0.39, 0.29) is 22.6 Å². The quantitative estimate of drug-likeness (QED) is 0.716. The van der Waals surface area contributed by atoms with Crippen LogP contribution in [0.15, 0.2) is 30.3 Å². The second kappa shape index (κ2) is 10.1. The molecule has 24 heavy (non-hydrogen) atoms. The summed E-state index contributed by atoms with van der Waals surface area (Å²) in [5.74, 6) is 0.813. The molecule has 0 spiro atoms. The lowest BCUT2D eigenvalue weighted by atomic mass is 10.0. The van der Waals surface area contributed by atoms with Crippen LogP contribution in [0, 0.1) is 5.92 Å². The number of nitrogens with one attached hydrogen (secondary N) is 1. The fourth-order valence-electron chi connectivity index (χ4n) is 1.98. The van der Waals surface area contributed by atoms with Gasteiger partial charge >= 0.3 is 0 Å². The number of hydrogen-bond acceptors (Lipinski definition) is 4. The monoisotopic (exact) mass is 352 g/mol. The minimum absolute atomic E-state index is 0.0461. The van der Waals surface area contributed by atoms with E-state index in [9.17, 15) is 4.79 Å². The third-order valence-corrected chi connectivity index (χ3v) is 4.95. The fraction of sp³-hybridized carbons (Fsp3) is 0.632. The summed E-state index contributed by atoms with van der Waals surface area (Å²) in [5.41, 5.74) is 7.08. The van der Waals surface area contributed by atoms with E-state index in [1.54, 1.807) is 0 Å². The summed E-state index contributed by atoms with van der Waals surface area (Å²) < 4.78 is 5.96. The molecule has 0 radical (unpaired) electrons. The molecule has 4 nitrogen and oxygen atoms in total. The highest BCUT2D eigenvalue weighted by Crippen LogP contribution is 2.24. The molecule has 2 atom stereocenters. The van der Waals surface area contributed by atoms with Crippen LogP contribution in [0.25, 0.3) is 0 Å². The second-order valence-electron chi connectivity index (χ2n) is 7.40. The Balaban J connectivity index is 2.55. The molecule has 1 aromatic carbocycles.